The van der Waals surface area contributed by atoms with Gasteiger partial charge in [0.1, 0.15) is 5.82 Å². The molecule has 90 valence electrons. The number of nitrogens with one attached hydrogen (secondary N) is 2. The van der Waals surface area contributed by atoms with Gasteiger partial charge in [-0.05, 0) is 5.92 Å². The van der Waals surface area contributed by atoms with E-state index in [9.17, 15) is 0 Å². The average Bonchev–Trinajstić information content (AvgIpc) is 2.78. The van der Waals surface area contributed by atoms with Crippen LogP contribution in [0.25, 0.3) is 0 Å². The van der Waals surface area contributed by atoms with Crippen molar-refractivity contribution in [2.24, 2.45) is 5.92 Å². The molecule has 0 spiro atoms. The highest BCUT2D eigenvalue weighted by atomic mass is 15.4. The van der Waals surface area contributed by atoms with Gasteiger partial charge in [0.25, 0.3) is 0 Å². The Morgan fingerprint density at radius 3 is 2.50 bits per heavy atom. The van der Waals surface area contributed by atoms with Gasteiger partial charge in [-0.3, -0.25) is 5.10 Å². The Bertz CT molecular complexity index is 327. The Kier molecular flexibility index (Phi) is 3.43. The minimum atomic E-state index is 0.434. The van der Waals surface area contributed by atoms with Gasteiger partial charge in [-0.15, -0.1) is 5.10 Å². The predicted octanol–water partition coefficient (Wildman–Crippen LogP) is 0.974. The highest BCUT2D eigenvalue weighted by Crippen LogP contribution is 2.21. The minimum absolute atomic E-state index is 0.434. The standard InChI is InChI=1S/C11H21N5/c1-8(2)9(3)10-13-11(15-14-10)16-6-4-12-5-7-16/h8-9,12H,4-7H2,1-3H3,(H,13,14,15). The van der Waals surface area contributed by atoms with Gasteiger partial charge in [0.15, 0.2) is 0 Å². The van der Waals surface area contributed by atoms with Crippen molar-refractivity contribution in [1.29, 1.82) is 0 Å². The number of rotatable bonds is 3. The van der Waals surface area contributed by atoms with Crippen molar-refractivity contribution in [3.8, 4) is 0 Å². The maximum Gasteiger partial charge on any atom is 0.244 e. The van der Waals surface area contributed by atoms with E-state index in [0.717, 1.165) is 38.0 Å². The van der Waals surface area contributed by atoms with Crippen LogP contribution in [0.5, 0.6) is 0 Å². The van der Waals surface area contributed by atoms with E-state index in [2.05, 4.69) is 46.2 Å². The molecule has 2 rings (SSSR count). The average molecular weight is 223 g/mol. The lowest BCUT2D eigenvalue weighted by molar-refractivity contribution is 0.511. The number of aromatic nitrogens is 3. The topological polar surface area (TPSA) is 56.8 Å². The molecule has 16 heavy (non-hydrogen) atoms. The van der Waals surface area contributed by atoms with Crippen LogP contribution in [-0.2, 0) is 0 Å². The molecule has 1 unspecified atom stereocenters. The Morgan fingerprint density at radius 1 is 1.19 bits per heavy atom. The normalized spacial score (nSPS) is 19.1. The number of anilines is 1. The van der Waals surface area contributed by atoms with E-state index in [4.69, 9.17) is 0 Å². The molecule has 2 N–H and O–H groups in total. The van der Waals surface area contributed by atoms with Crippen molar-refractivity contribution in [1.82, 2.24) is 20.5 Å². The Balaban J connectivity index is 2.06. The molecule has 1 saturated heterocycles. The lowest BCUT2D eigenvalue weighted by Crippen LogP contribution is -2.44. The molecule has 1 aromatic rings. The van der Waals surface area contributed by atoms with E-state index in [0.29, 0.717) is 11.8 Å². The largest absolute Gasteiger partial charge is 0.337 e. The van der Waals surface area contributed by atoms with Crippen LogP contribution < -0.4 is 10.2 Å². The fourth-order valence-corrected chi connectivity index (χ4v) is 1.79. The second-order valence-electron chi connectivity index (χ2n) is 4.79. The molecular formula is C11H21N5. The SMILES string of the molecule is CC(C)C(C)c1nc(N2CCNCC2)n[nH]1. The van der Waals surface area contributed by atoms with Crippen LogP contribution in [0.3, 0.4) is 0 Å². The number of aromatic amines is 1. The lowest BCUT2D eigenvalue weighted by Gasteiger charge is -2.25. The molecule has 2 heterocycles. The van der Waals surface area contributed by atoms with Gasteiger partial charge in [-0.2, -0.15) is 4.98 Å². The summed E-state index contributed by atoms with van der Waals surface area (Å²) in [7, 11) is 0. The first kappa shape index (κ1) is 11.4. The van der Waals surface area contributed by atoms with Gasteiger partial charge >= 0.3 is 0 Å². The number of H-pyrrole nitrogens is 1. The zero-order chi connectivity index (χ0) is 11.5. The van der Waals surface area contributed by atoms with E-state index in [1.165, 1.54) is 0 Å². The van der Waals surface area contributed by atoms with Crippen LogP contribution in [0, 0.1) is 5.92 Å². The van der Waals surface area contributed by atoms with Crippen LogP contribution in [0.1, 0.15) is 32.5 Å². The van der Waals surface area contributed by atoms with Crippen molar-refractivity contribution in [3.05, 3.63) is 5.82 Å². The summed E-state index contributed by atoms with van der Waals surface area (Å²) < 4.78 is 0. The van der Waals surface area contributed by atoms with Crippen molar-refractivity contribution >= 4 is 5.95 Å². The van der Waals surface area contributed by atoms with Gasteiger partial charge in [0, 0.05) is 32.1 Å². The van der Waals surface area contributed by atoms with E-state index in [1.54, 1.807) is 0 Å². The van der Waals surface area contributed by atoms with Crippen LogP contribution in [0.15, 0.2) is 0 Å². The van der Waals surface area contributed by atoms with Crippen LogP contribution in [0.4, 0.5) is 5.95 Å². The number of nitrogens with zero attached hydrogens (tertiary/aromatic N) is 3. The monoisotopic (exact) mass is 223 g/mol. The van der Waals surface area contributed by atoms with Crippen molar-refractivity contribution < 1.29 is 0 Å². The summed E-state index contributed by atoms with van der Waals surface area (Å²) in [6, 6.07) is 0. The summed E-state index contributed by atoms with van der Waals surface area (Å²) >= 11 is 0. The van der Waals surface area contributed by atoms with Crippen molar-refractivity contribution in [3.63, 3.8) is 0 Å². The maximum absolute atomic E-state index is 4.59. The van der Waals surface area contributed by atoms with E-state index in [-0.39, 0.29) is 0 Å². The van der Waals surface area contributed by atoms with Crippen molar-refractivity contribution in [2.75, 3.05) is 31.1 Å². The van der Waals surface area contributed by atoms with E-state index < -0.39 is 0 Å². The summed E-state index contributed by atoms with van der Waals surface area (Å²) in [6.07, 6.45) is 0. The van der Waals surface area contributed by atoms with Gasteiger partial charge in [0.2, 0.25) is 5.95 Å². The molecule has 1 aliphatic rings. The second-order valence-corrected chi connectivity index (χ2v) is 4.79. The first-order valence-corrected chi connectivity index (χ1v) is 6.06. The zero-order valence-electron chi connectivity index (χ0n) is 10.3. The van der Waals surface area contributed by atoms with Crippen molar-refractivity contribution in [2.45, 2.75) is 26.7 Å². The molecular weight excluding hydrogens is 202 g/mol. The fourth-order valence-electron chi connectivity index (χ4n) is 1.79. The van der Waals surface area contributed by atoms with Crippen LogP contribution >= 0.6 is 0 Å². The van der Waals surface area contributed by atoms with E-state index in [1.807, 2.05) is 0 Å². The molecule has 0 saturated carbocycles. The minimum Gasteiger partial charge on any atom is -0.337 e. The molecule has 1 aliphatic heterocycles. The molecule has 0 radical (unpaired) electrons. The summed E-state index contributed by atoms with van der Waals surface area (Å²) in [6.45, 7) is 10.6. The number of hydrogen-bond acceptors (Lipinski definition) is 4. The van der Waals surface area contributed by atoms with Crippen LogP contribution in [-0.4, -0.2) is 41.4 Å². The zero-order valence-corrected chi connectivity index (χ0v) is 10.3. The maximum atomic E-state index is 4.59. The lowest BCUT2D eigenvalue weighted by atomic mass is 9.98. The summed E-state index contributed by atoms with van der Waals surface area (Å²) in [5, 5.41) is 10.7. The third-order valence-electron chi connectivity index (χ3n) is 3.32. The molecule has 0 bridgehead atoms. The van der Waals surface area contributed by atoms with Crippen LogP contribution in [0.2, 0.25) is 0 Å². The highest BCUT2D eigenvalue weighted by molar-refractivity contribution is 5.30. The highest BCUT2D eigenvalue weighted by Gasteiger charge is 2.18. The predicted molar refractivity (Wildman–Crippen MR) is 64.7 cm³/mol. The van der Waals surface area contributed by atoms with Gasteiger partial charge < -0.3 is 10.2 Å². The van der Waals surface area contributed by atoms with Gasteiger partial charge in [-0.25, -0.2) is 0 Å². The summed E-state index contributed by atoms with van der Waals surface area (Å²) in [5.41, 5.74) is 0. The molecule has 5 nitrogen and oxygen atoms in total. The van der Waals surface area contributed by atoms with Gasteiger partial charge in [-0.1, -0.05) is 20.8 Å². The smallest absolute Gasteiger partial charge is 0.244 e. The molecule has 5 heteroatoms. The summed E-state index contributed by atoms with van der Waals surface area (Å²) in [5.74, 6) is 2.88. The second kappa shape index (κ2) is 4.82. The quantitative estimate of drug-likeness (QED) is 0.802. The molecule has 1 fully saturated rings. The molecule has 1 aromatic heterocycles. The Labute approximate surface area is 96.6 Å². The third kappa shape index (κ3) is 2.35. The number of hydrogen-bond donors (Lipinski definition) is 2. The Hall–Kier alpha value is -1.10. The number of piperazine rings is 1. The van der Waals surface area contributed by atoms with E-state index >= 15 is 0 Å². The molecule has 1 atom stereocenters. The first-order chi connectivity index (χ1) is 7.68. The fraction of sp³-hybridized carbons (Fsp3) is 0.818. The Morgan fingerprint density at radius 2 is 1.88 bits per heavy atom. The van der Waals surface area contributed by atoms with Gasteiger partial charge in [0.05, 0.1) is 0 Å². The summed E-state index contributed by atoms with van der Waals surface area (Å²) in [4.78, 5) is 6.81. The third-order valence-corrected chi connectivity index (χ3v) is 3.32. The molecule has 0 amide bonds. The molecule has 0 aliphatic carbocycles. The molecule has 0 aromatic carbocycles. The first-order valence-electron chi connectivity index (χ1n) is 6.06.